The van der Waals surface area contributed by atoms with Crippen LogP contribution in [0, 0.1) is 12.7 Å². The molecule has 2 heterocycles. The highest BCUT2D eigenvalue weighted by atomic mass is 19.1. The molecular formula is C23H20FN3O4. The first-order valence-electron chi connectivity index (χ1n) is 9.68. The Kier molecular flexibility index (Phi) is 5.29. The van der Waals surface area contributed by atoms with Crippen LogP contribution >= 0.6 is 0 Å². The summed E-state index contributed by atoms with van der Waals surface area (Å²) in [7, 11) is 0. The number of amides is 1. The number of hydrogen-bond donors (Lipinski definition) is 1. The molecule has 8 heteroatoms. The maximum absolute atomic E-state index is 13.3. The van der Waals surface area contributed by atoms with Crippen molar-refractivity contribution >= 4 is 22.7 Å². The second kappa shape index (κ2) is 8.06. The third-order valence-electron chi connectivity index (χ3n) is 4.48. The maximum Gasteiger partial charge on any atom is 0.337 e. The quantitative estimate of drug-likeness (QED) is 0.481. The summed E-state index contributed by atoms with van der Waals surface area (Å²) < 4.78 is 25.7. The normalized spacial score (nSPS) is 11.1. The van der Waals surface area contributed by atoms with E-state index in [0.717, 1.165) is 6.07 Å². The van der Waals surface area contributed by atoms with Crippen molar-refractivity contribution in [2.75, 3.05) is 5.32 Å². The summed E-state index contributed by atoms with van der Waals surface area (Å²) in [5.41, 5.74) is 0.999. The van der Waals surface area contributed by atoms with E-state index >= 15 is 0 Å². The van der Waals surface area contributed by atoms with E-state index in [1.54, 1.807) is 43.3 Å². The van der Waals surface area contributed by atoms with Crippen molar-refractivity contribution in [2.24, 2.45) is 0 Å². The molecule has 0 radical (unpaired) electrons. The monoisotopic (exact) mass is 421 g/mol. The Morgan fingerprint density at radius 1 is 1.13 bits per heavy atom. The van der Waals surface area contributed by atoms with Gasteiger partial charge in [0.1, 0.15) is 23.0 Å². The van der Waals surface area contributed by atoms with Crippen molar-refractivity contribution in [1.82, 2.24) is 9.78 Å². The van der Waals surface area contributed by atoms with Gasteiger partial charge in [-0.05, 0) is 57.2 Å². The van der Waals surface area contributed by atoms with Crippen LogP contribution < -0.4 is 15.7 Å². The van der Waals surface area contributed by atoms with Crippen LogP contribution in [0.5, 0.6) is 5.75 Å². The minimum atomic E-state index is -0.650. The summed E-state index contributed by atoms with van der Waals surface area (Å²) in [4.78, 5) is 25.1. The average Bonchev–Trinajstić information content (AvgIpc) is 3.07. The Morgan fingerprint density at radius 3 is 2.58 bits per heavy atom. The van der Waals surface area contributed by atoms with Crippen LogP contribution in [0.25, 0.3) is 16.7 Å². The molecule has 2 aromatic heterocycles. The lowest BCUT2D eigenvalue weighted by atomic mass is 10.1. The van der Waals surface area contributed by atoms with Gasteiger partial charge in [-0.1, -0.05) is 0 Å². The number of halogens is 1. The fourth-order valence-corrected chi connectivity index (χ4v) is 3.23. The molecule has 4 rings (SSSR count). The highest BCUT2D eigenvalue weighted by Crippen LogP contribution is 2.25. The van der Waals surface area contributed by atoms with Gasteiger partial charge in [0.2, 0.25) is 0 Å². The zero-order valence-corrected chi connectivity index (χ0v) is 17.2. The van der Waals surface area contributed by atoms with Gasteiger partial charge in [-0.2, -0.15) is 5.10 Å². The molecule has 1 N–H and O–H groups in total. The van der Waals surface area contributed by atoms with Crippen molar-refractivity contribution < 1.29 is 18.3 Å². The summed E-state index contributed by atoms with van der Waals surface area (Å²) in [6.07, 6.45) is -0.0503. The standard InChI is InChI=1S/C23H20FN3O4/c1-13(2)30-17-8-9-18-19(12-22(28)31-20(18)11-17)23(29)25-21-10-14(3)26-27(21)16-6-4-15(24)5-7-16/h4-13H,1-3H3,(H,25,29). The number of nitrogens with one attached hydrogen (secondary N) is 1. The largest absolute Gasteiger partial charge is 0.491 e. The molecule has 0 aliphatic rings. The van der Waals surface area contributed by atoms with Crippen LogP contribution in [0.4, 0.5) is 10.2 Å². The molecule has 31 heavy (non-hydrogen) atoms. The molecule has 0 fully saturated rings. The fraction of sp³-hybridized carbons (Fsp3) is 0.174. The smallest absolute Gasteiger partial charge is 0.337 e. The maximum atomic E-state index is 13.3. The van der Waals surface area contributed by atoms with Gasteiger partial charge in [-0.3, -0.25) is 4.79 Å². The van der Waals surface area contributed by atoms with Gasteiger partial charge in [-0.15, -0.1) is 0 Å². The number of aromatic nitrogens is 2. The lowest BCUT2D eigenvalue weighted by Crippen LogP contribution is -2.17. The van der Waals surface area contributed by atoms with Crippen LogP contribution in [0.1, 0.15) is 29.9 Å². The Bertz CT molecular complexity index is 1320. The summed E-state index contributed by atoms with van der Waals surface area (Å²) >= 11 is 0. The van der Waals surface area contributed by atoms with Crippen molar-refractivity contribution in [3.63, 3.8) is 0 Å². The predicted molar refractivity (Wildman–Crippen MR) is 114 cm³/mol. The Hall–Kier alpha value is -3.94. The number of hydrogen-bond acceptors (Lipinski definition) is 5. The predicted octanol–water partition coefficient (Wildman–Crippen LogP) is 4.47. The van der Waals surface area contributed by atoms with Gasteiger partial charge in [0.05, 0.1) is 23.0 Å². The molecule has 0 spiro atoms. The number of fused-ring (bicyclic) bond motifs is 1. The van der Waals surface area contributed by atoms with Crippen LogP contribution in [-0.4, -0.2) is 21.8 Å². The third-order valence-corrected chi connectivity index (χ3v) is 4.48. The number of anilines is 1. The second-order valence-corrected chi connectivity index (χ2v) is 7.32. The molecular weight excluding hydrogens is 401 g/mol. The molecule has 7 nitrogen and oxygen atoms in total. The number of rotatable bonds is 5. The van der Waals surface area contributed by atoms with Gasteiger partial charge < -0.3 is 14.5 Å². The molecule has 0 aliphatic carbocycles. The Labute approximate surface area is 177 Å². The van der Waals surface area contributed by atoms with Crippen LogP contribution in [0.3, 0.4) is 0 Å². The van der Waals surface area contributed by atoms with E-state index in [-0.39, 0.29) is 23.1 Å². The van der Waals surface area contributed by atoms with E-state index < -0.39 is 11.5 Å². The fourth-order valence-electron chi connectivity index (χ4n) is 3.23. The first-order valence-corrected chi connectivity index (χ1v) is 9.68. The average molecular weight is 421 g/mol. The zero-order valence-electron chi connectivity index (χ0n) is 17.2. The number of carbonyl (C=O) groups excluding carboxylic acids is 1. The van der Waals surface area contributed by atoms with E-state index in [1.165, 1.54) is 16.8 Å². The van der Waals surface area contributed by atoms with E-state index in [9.17, 15) is 14.0 Å². The SMILES string of the molecule is Cc1cc(NC(=O)c2cc(=O)oc3cc(OC(C)C)ccc23)n(-c2ccc(F)cc2)n1. The molecule has 2 aromatic carbocycles. The molecule has 158 valence electrons. The molecule has 0 saturated carbocycles. The van der Waals surface area contributed by atoms with Crippen molar-refractivity contribution in [3.05, 3.63) is 82.1 Å². The Morgan fingerprint density at radius 2 is 1.87 bits per heavy atom. The molecule has 0 aliphatic heterocycles. The van der Waals surface area contributed by atoms with E-state index in [0.29, 0.717) is 28.3 Å². The lowest BCUT2D eigenvalue weighted by molar-refractivity contribution is 0.102. The number of ether oxygens (including phenoxy) is 1. The topological polar surface area (TPSA) is 86.4 Å². The van der Waals surface area contributed by atoms with Crippen LogP contribution in [-0.2, 0) is 0 Å². The number of nitrogens with zero attached hydrogens (tertiary/aromatic N) is 2. The molecule has 0 unspecified atom stereocenters. The van der Waals surface area contributed by atoms with Gasteiger partial charge in [0.25, 0.3) is 5.91 Å². The minimum Gasteiger partial charge on any atom is -0.491 e. The lowest BCUT2D eigenvalue weighted by Gasteiger charge is -2.12. The summed E-state index contributed by atoms with van der Waals surface area (Å²) in [6, 6.07) is 13.5. The molecule has 0 saturated heterocycles. The summed E-state index contributed by atoms with van der Waals surface area (Å²) in [6.45, 7) is 5.55. The van der Waals surface area contributed by atoms with Crippen molar-refractivity contribution in [1.29, 1.82) is 0 Å². The van der Waals surface area contributed by atoms with Crippen LogP contribution in [0.15, 0.2) is 63.8 Å². The molecule has 0 bridgehead atoms. The van der Waals surface area contributed by atoms with Crippen molar-refractivity contribution in [2.45, 2.75) is 26.9 Å². The summed E-state index contributed by atoms with van der Waals surface area (Å²) in [5.74, 6) is 0.0451. The number of aryl methyl sites for hydroxylation is 1. The van der Waals surface area contributed by atoms with Gasteiger partial charge in [0.15, 0.2) is 0 Å². The van der Waals surface area contributed by atoms with E-state index in [1.807, 2.05) is 13.8 Å². The van der Waals surface area contributed by atoms with E-state index in [4.69, 9.17) is 9.15 Å². The summed E-state index contributed by atoms with van der Waals surface area (Å²) in [5, 5.41) is 7.61. The molecule has 4 aromatic rings. The minimum absolute atomic E-state index is 0.0503. The van der Waals surface area contributed by atoms with Crippen molar-refractivity contribution in [3.8, 4) is 11.4 Å². The number of carbonyl (C=O) groups is 1. The molecule has 1 amide bonds. The Balaban J connectivity index is 1.71. The zero-order chi connectivity index (χ0) is 22.1. The van der Waals surface area contributed by atoms with Gasteiger partial charge in [-0.25, -0.2) is 13.9 Å². The highest BCUT2D eigenvalue weighted by molar-refractivity contribution is 6.11. The van der Waals surface area contributed by atoms with Gasteiger partial charge in [0, 0.05) is 23.6 Å². The first kappa shape index (κ1) is 20.3. The van der Waals surface area contributed by atoms with Gasteiger partial charge >= 0.3 is 5.63 Å². The number of benzene rings is 2. The molecule has 0 atom stereocenters. The van der Waals surface area contributed by atoms with E-state index in [2.05, 4.69) is 10.4 Å². The first-order chi connectivity index (χ1) is 14.8. The third kappa shape index (κ3) is 4.32. The second-order valence-electron chi connectivity index (χ2n) is 7.32. The van der Waals surface area contributed by atoms with Crippen LogP contribution in [0.2, 0.25) is 0 Å². The highest BCUT2D eigenvalue weighted by Gasteiger charge is 2.17.